The fourth-order valence-electron chi connectivity index (χ4n) is 3.61. The molecule has 0 unspecified atom stereocenters. The number of amides is 1. The molecule has 2 aromatic carbocycles. The van der Waals surface area contributed by atoms with Gasteiger partial charge in [0.2, 0.25) is 0 Å². The summed E-state index contributed by atoms with van der Waals surface area (Å²) in [6, 6.07) is 12.9. The number of benzene rings is 2. The number of nitrogens with one attached hydrogen (secondary N) is 4. The highest BCUT2D eigenvalue weighted by Crippen LogP contribution is 2.32. The SMILES string of the molecule is N/C=C\C(=C/N)NC(=O)c1cc2ccc(-c3nccc(Nc4ccc5[nH]ncc5c4Cl)n3)cc2[nH]1. The number of rotatable bonds is 6. The third-order valence-electron chi connectivity index (χ3n) is 5.32. The summed E-state index contributed by atoms with van der Waals surface area (Å²) in [5.41, 5.74) is 14.7. The molecular weight excluding hydrogens is 466 g/mol. The molecule has 0 saturated heterocycles. The molecule has 5 aromatic rings. The molecule has 3 aromatic heterocycles. The summed E-state index contributed by atoms with van der Waals surface area (Å²) in [7, 11) is 0. The van der Waals surface area contributed by atoms with Crippen molar-refractivity contribution >= 4 is 50.8 Å². The van der Waals surface area contributed by atoms with E-state index in [9.17, 15) is 4.79 Å². The molecule has 0 atom stereocenters. The second-order valence-electron chi connectivity index (χ2n) is 7.57. The molecule has 0 spiro atoms. The molecular formula is C24H20ClN9O. The van der Waals surface area contributed by atoms with Crippen LogP contribution in [-0.4, -0.2) is 31.1 Å². The molecule has 0 saturated carbocycles. The Bertz CT molecular complexity index is 1620. The van der Waals surface area contributed by atoms with Gasteiger partial charge in [0.1, 0.15) is 11.5 Å². The Morgan fingerprint density at radius 3 is 2.80 bits per heavy atom. The number of aromatic amines is 2. The Balaban J connectivity index is 1.41. The van der Waals surface area contributed by atoms with Crippen LogP contribution in [0.3, 0.4) is 0 Å². The predicted octanol–water partition coefficient (Wildman–Crippen LogP) is 3.90. The van der Waals surface area contributed by atoms with Crippen molar-refractivity contribution in [2.75, 3.05) is 5.32 Å². The number of fused-ring (bicyclic) bond motifs is 2. The van der Waals surface area contributed by atoms with Crippen LogP contribution in [0.4, 0.5) is 11.5 Å². The van der Waals surface area contributed by atoms with Crippen LogP contribution in [0.1, 0.15) is 10.5 Å². The minimum absolute atomic E-state index is 0.341. The highest BCUT2D eigenvalue weighted by Gasteiger charge is 2.13. The van der Waals surface area contributed by atoms with Gasteiger partial charge in [0.15, 0.2) is 5.82 Å². The van der Waals surface area contributed by atoms with Crippen molar-refractivity contribution in [1.29, 1.82) is 0 Å². The maximum Gasteiger partial charge on any atom is 0.272 e. The summed E-state index contributed by atoms with van der Waals surface area (Å²) < 4.78 is 0. The van der Waals surface area contributed by atoms with Crippen LogP contribution in [-0.2, 0) is 0 Å². The smallest absolute Gasteiger partial charge is 0.272 e. The van der Waals surface area contributed by atoms with Crippen molar-refractivity contribution in [2.45, 2.75) is 0 Å². The summed E-state index contributed by atoms with van der Waals surface area (Å²) >= 11 is 6.52. The average molecular weight is 486 g/mol. The first-order chi connectivity index (χ1) is 17.1. The standard InChI is InChI=1S/C24H20ClN9O/c25-22-16-12-29-34-17(16)3-4-18(22)32-21-6-8-28-23(33-21)14-2-1-13-9-20(31-19(13)10-14)24(35)30-15(11-27)5-7-26/h1-12,31H,26-27H2,(H,29,34)(H,30,35)(H,28,32,33)/b7-5-,15-11+. The van der Waals surface area contributed by atoms with Gasteiger partial charge in [-0.2, -0.15) is 5.10 Å². The summed E-state index contributed by atoms with van der Waals surface area (Å²) in [6.07, 6.45) is 7.40. The van der Waals surface area contributed by atoms with Crippen LogP contribution in [0.25, 0.3) is 33.2 Å². The van der Waals surface area contributed by atoms with Gasteiger partial charge >= 0.3 is 0 Å². The van der Waals surface area contributed by atoms with E-state index >= 15 is 0 Å². The Hall–Kier alpha value is -4.83. The van der Waals surface area contributed by atoms with Gasteiger partial charge < -0.3 is 27.1 Å². The Kier molecular flexibility index (Phi) is 5.78. The van der Waals surface area contributed by atoms with Crippen molar-refractivity contribution in [3.63, 3.8) is 0 Å². The van der Waals surface area contributed by atoms with Crippen LogP contribution in [0.2, 0.25) is 5.02 Å². The van der Waals surface area contributed by atoms with E-state index in [1.54, 1.807) is 24.5 Å². The van der Waals surface area contributed by atoms with Crippen LogP contribution in [0, 0.1) is 0 Å². The topological polar surface area (TPSA) is 163 Å². The number of carbonyl (C=O) groups excluding carboxylic acids is 1. The molecule has 8 N–H and O–H groups in total. The lowest BCUT2D eigenvalue weighted by Crippen LogP contribution is -2.23. The molecule has 0 bridgehead atoms. The molecule has 0 aliphatic rings. The zero-order valence-corrected chi connectivity index (χ0v) is 19.0. The number of halogens is 1. The van der Waals surface area contributed by atoms with E-state index in [-0.39, 0.29) is 5.91 Å². The third kappa shape index (κ3) is 4.37. The molecule has 10 nitrogen and oxygen atoms in total. The molecule has 3 heterocycles. The highest BCUT2D eigenvalue weighted by atomic mass is 35.5. The Morgan fingerprint density at radius 2 is 1.97 bits per heavy atom. The number of hydrogen-bond acceptors (Lipinski definition) is 7. The van der Waals surface area contributed by atoms with Crippen LogP contribution < -0.4 is 22.1 Å². The molecule has 0 fully saturated rings. The van der Waals surface area contributed by atoms with Crippen LogP contribution >= 0.6 is 11.6 Å². The first-order valence-corrected chi connectivity index (χ1v) is 10.9. The first-order valence-electron chi connectivity index (χ1n) is 10.5. The largest absolute Gasteiger partial charge is 0.405 e. The first kappa shape index (κ1) is 22.0. The number of nitrogens with two attached hydrogens (primary N) is 2. The molecule has 0 aliphatic carbocycles. The van der Waals surface area contributed by atoms with Gasteiger partial charge in [-0.3, -0.25) is 9.89 Å². The van der Waals surface area contributed by atoms with Crippen molar-refractivity contribution in [3.05, 3.63) is 89.7 Å². The molecule has 35 heavy (non-hydrogen) atoms. The van der Waals surface area contributed by atoms with Crippen molar-refractivity contribution in [2.24, 2.45) is 11.5 Å². The fourth-order valence-corrected chi connectivity index (χ4v) is 3.88. The van der Waals surface area contributed by atoms with Gasteiger partial charge in [-0.05, 0) is 42.6 Å². The van der Waals surface area contributed by atoms with E-state index < -0.39 is 0 Å². The van der Waals surface area contributed by atoms with Crippen molar-refractivity contribution in [3.8, 4) is 11.4 Å². The van der Waals surface area contributed by atoms with Gasteiger partial charge in [-0.25, -0.2) is 9.97 Å². The van der Waals surface area contributed by atoms with E-state index in [1.807, 2.05) is 30.3 Å². The van der Waals surface area contributed by atoms with E-state index in [4.69, 9.17) is 23.1 Å². The third-order valence-corrected chi connectivity index (χ3v) is 5.72. The minimum Gasteiger partial charge on any atom is -0.405 e. The van der Waals surface area contributed by atoms with E-state index in [0.29, 0.717) is 33.7 Å². The number of hydrogen-bond donors (Lipinski definition) is 6. The van der Waals surface area contributed by atoms with E-state index in [1.165, 1.54) is 18.5 Å². The van der Waals surface area contributed by atoms with E-state index in [0.717, 1.165) is 27.4 Å². The van der Waals surface area contributed by atoms with Crippen molar-refractivity contribution in [1.82, 2.24) is 30.5 Å². The monoisotopic (exact) mass is 485 g/mol. The van der Waals surface area contributed by atoms with E-state index in [2.05, 4.69) is 35.8 Å². The summed E-state index contributed by atoms with van der Waals surface area (Å²) in [4.78, 5) is 24.7. The minimum atomic E-state index is -0.341. The summed E-state index contributed by atoms with van der Waals surface area (Å²) in [6.45, 7) is 0. The van der Waals surface area contributed by atoms with Gasteiger partial charge in [0.25, 0.3) is 5.91 Å². The number of allylic oxidation sites excluding steroid dienone is 1. The van der Waals surface area contributed by atoms with Crippen LogP contribution in [0.5, 0.6) is 0 Å². The summed E-state index contributed by atoms with van der Waals surface area (Å²) in [5.74, 6) is 0.756. The quantitative estimate of drug-likeness (QED) is 0.198. The lowest BCUT2D eigenvalue weighted by atomic mass is 10.1. The number of anilines is 2. The predicted molar refractivity (Wildman–Crippen MR) is 137 cm³/mol. The Morgan fingerprint density at radius 1 is 1.09 bits per heavy atom. The molecule has 0 radical (unpaired) electrons. The highest BCUT2D eigenvalue weighted by molar-refractivity contribution is 6.38. The molecule has 5 rings (SSSR count). The second kappa shape index (κ2) is 9.20. The lowest BCUT2D eigenvalue weighted by Gasteiger charge is -2.09. The van der Waals surface area contributed by atoms with Gasteiger partial charge in [-0.1, -0.05) is 23.7 Å². The zero-order valence-electron chi connectivity index (χ0n) is 18.2. The zero-order chi connectivity index (χ0) is 24.4. The number of aromatic nitrogens is 5. The van der Waals surface area contributed by atoms with Gasteiger partial charge in [-0.15, -0.1) is 0 Å². The van der Waals surface area contributed by atoms with Gasteiger partial charge in [0, 0.05) is 34.2 Å². The maximum absolute atomic E-state index is 12.6. The molecule has 11 heteroatoms. The normalized spacial score (nSPS) is 12.0. The maximum atomic E-state index is 12.6. The number of carbonyl (C=O) groups is 1. The molecule has 0 aliphatic heterocycles. The van der Waals surface area contributed by atoms with Crippen LogP contribution in [0.15, 0.2) is 79.0 Å². The fraction of sp³-hybridized carbons (Fsp3) is 0. The lowest BCUT2D eigenvalue weighted by molar-refractivity contribution is 0.0963. The second-order valence-corrected chi connectivity index (χ2v) is 7.95. The summed E-state index contributed by atoms with van der Waals surface area (Å²) in [5, 5.41) is 15.1. The Labute approximate surface area is 204 Å². The molecule has 1 amide bonds. The average Bonchev–Trinajstić information content (AvgIpc) is 3.53. The molecule has 174 valence electrons. The van der Waals surface area contributed by atoms with Gasteiger partial charge in [0.05, 0.1) is 28.1 Å². The number of H-pyrrole nitrogens is 2. The van der Waals surface area contributed by atoms with Crippen molar-refractivity contribution < 1.29 is 4.79 Å². The number of nitrogens with zero attached hydrogens (tertiary/aromatic N) is 3.